The molecule has 0 spiro atoms. The second-order valence-corrected chi connectivity index (χ2v) is 4.97. The van der Waals surface area contributed by atoms with Crippen LogP contribution in [0.3, 0.4) is 0 Å². The summed E-state index contributed by atoms with van der Waals surface area (Å²) in [5.41, 5.74) is 1.44. The predicted octanol–water partition coefficient (Wildman–Crippen LogP) is 4.35. The Balaban J connectivity index is 2.33. The fourth-order valence-corrected chi connectivity index (χ4v) is 2.14. The number of nitrogens with one attached hydrogen (secondary N) is 1. The van der Waals surface area contributed by atoms with Crippen molar-refractivity contribution in [1.29, 1.82) is 0 Å². The summed E-state index contributed by atoms with van der Waals surface area (Å²) >= 11 is 0. The van der Waals surface area contributed by atoms with Crippen LogP contribution >= 0.6 is 0 Å². The van der Waals surface area contributed by atoms with Gasteiger partial charge in [0.05, 0.1) is 0 Å². The highest BCUT2D eigenvalue weighted by Crippen LogP contribution is 2.14. The molecule has 0 fully saturated rings. The van der Waals surface area contributed by atoms with Gasteiger partial charge in [-0.15, -0.1) is 0 Å². The van der Waals surface area contributed by atoms with Gasteiger partial charge in [-0.25, -0.2) is 0 Å². The van der Waals surface area contributed by atoms with Crippen molar-refractivity contribution < 1.29 is 0 Å². The van der Waals surface area contributed by atoms with Crippen LogP contribution in [0.15, 0.2) is 30.3 Å². The highest BCUT2D eigenvalue weighted by Gasteiger charge is 2.08. The Bertz CT molecular complexity index is 281. The molecule has 0 aliphatic carbocycles. The minimum atomic E-state index is 0.604. The zero-order chi connectivity index (χ0) is 12.5. The molecular formula is C16H27N. The van der Waals surface area contributed by atoms with Gasteiger partial charge in [0.1, 0.15) is 0 Å². The van der Waals surface area contributed by atoms with Gasteiger partial charge in [-0.2, -0.15) is 0 Å². The maximum Gasteiger partial charge on any atom is 0.00646 e. The quantitative estimate of drug-likeness (QED) is 0.704. The van der Waals surface area contributed by atoms with Crippen LogP contribution in [0.4, 0.5) is 0 Å². The van der Waals surface area contributed by atoms with E-state index < -0.39 is 0 Å². The second-order valence-electron chi connectivity index (χ2n) is 4.97. The van der Waals surface area contributed by atoms with Gasteiger partial charge in [-0.05, 0) is 24.3 Å². The molecule has 1 rings (SSSR count). The van der Waals surface area contributed by atoms with E-state index in [0.717, 1.165) is 6.54 Å². The summed E-state index contributed by atoms with van der Waals surface area (Å²) in [5, 5.41) is 3.70. The lowest BCUT2D eigenvalue weighted by molar-refractivity contribution is 0.440. The molecule has 0 aliphatic rings. The number of hydrogen-bond donors (Lipinski definition) is 1. The summed E-state index contributed by atoms with van der Waals surface area (Å²) in [7, 11) is 0. The molecule has 0 saturated carbocycles. The molecule has 0 radical (unpaired) electrons. The van der Waals surface area contributed by atoms with Crippen LogP contribution in [0.25, 0.3) is 0 Å². The van der Waals surface area contributed by atoms with Crippen molar-refractivity contribution >= 4 is 0 Å². The molecule has 0 saturated heterocycles. The standard InChI is InChI=1S/C16H27N/c1-4-6-12-16(5-2)17-13-14(3)15-10-8-7-9-11-15/h7-11,14,16-17H,4-6,12-13H2,1-3H3. The molecule has 0 amide bonds. The van der Waals surface area contributed by atoms with Gasteiger partial charge < -0.3 is 5.32 Å². The lowest BCUT2D eigenvalue weighted by Gasteiger charge is -2.20. The molecule has 0 aromatic heterocycles. The fraction of sp³-hybridized carbons (Fsp3) is 0.625. The zero-order valence-corrected chi connectivity index (χ0v) is 11.6. The van der Waals surface area contributed by atoms with E-state index in [2.05, 4.69) is 56.4 Å². The van der Waals surface area contributed by atoms with E-state index in [9.17, 15) is 0 Å². The summed E-state index contributed by atoms with van der Waals surface area (Å²) in [5.74, 6) is 0.604. The molecule has 1 aromatic carbocycles. The number of hydrogen-bond acceptors (Lipinski definition) is 1. The molecule has 1 heteroatoms. The van der Waals surface area contributed by atoms with E-state index in [-0.39, 0.29) is 0 Å². The molecule has 17 heavy (non-hydrogen) atoms. The molecule has 96 valence electrons. The van der Waals surface area contributed by atoms with Crippen LogP contribution < -0.4 is 5.32 Å². The Morgan fingerprint density at radius 3 is 2.41 bits per heavy atom. The summed E-state index contributed by atoms with van der Waals surface area (Å²) in [6.45, 7) is 7.93. The van der Waals surface area contributed by atoms with Crippen molar-refractivity contribution in [3.63, 3.8) is 0 Å². The van der Waals surface area contributed by atoms with Crippen molar-refractivity contribution in [3.8, 4) is 0 Å². The predicted molar refractivity (Wildman–Crippen MR) is 76.5 cm³/mol. The zero-order valence-electron chi connectivity index (χ0n) is 11.6. The molecule has 2 unspecified atom stereocenters. The Kier molecular flexibility index (Phi) is 6.95. The van der Waals surface area contributed by atoms with Crippen LogP contribution in [0.2, 0.25) is 0 Å². The fourth-order valence-electron chi connectivity index (χ4n) is 2.14. The van der Waals surface area contributed by atoms with Crippen molar-refractivity contribution in [2.24, 2.45) is 0 Å². The van der Waals surface area contributed by atoms with Crippen LogP contribution in [0, 0.1) is 0 Å². The van der Waals surface area contributed by atoms with E-state index >= 15 is 0 Å². The normalized spacial score (nSPS) is 14.5. The average molecular weight is 233 g/mol. The Labute approximate surface area is 107 Å². The molecular weight excluding hydrogens is 206 g/mol. The molecule has 2 atom stereocenters. The summed E-state index contributed by atoms with van der Waals surface area (Å²) in [4.78, 5) is 0. The molecule has 0 bridgehead atoms. The van der Waals surface area contributed by atoms with E-state index in [1.54, 1.807) is 0 Å². The summed E-state index contributed by atoms with van der Waals surface area (Å²) < 4.78 is 0. The largest absolute Gasteiger partial charge is 0.313 e. The van der Waals surface area contributed by atoms with Crippen molar-refractivity contribution in [2.75, 3.05) is 6.54 Å². The van der Waals surface area contributed by atoms with Gasteiger partial charge in [0.2, 0.25) is 0 Å². The maximum atomic E-state index is 3.70. The highest BCUT2D eigenvalue weighted by molar-refractivity contribution is 5.18. The number of rotatable bonds is 8. The molecule has 1 aromatic rings. The smallest absolute Gasteiger partial charge is 0.00646 e. The van der Waals surface area contributed by atoms with Gasteiger partial charge >= 0.3 is 0 Å². The van der Waals surface area contributed by atoms with Crippen molar-refractivity contribution in [3.05, 3.63) is 35.9 Å². The Hall–Kier alpha value is -0.820. The minimum absolute atomic E-state index is 0.604. The monoisotopic (exact) mass is 233 g/mol. The Morgan fingerprint density at radius 1 is 1.12 bits per heavy atom. The second kappa shape index (κ2) is 8.30. The lowest BCUT2D eigenvalue weighted by Crippen LogP contribution is -2.31. The maximum absolute atomic E-state index is 3.70. The summed E-state index contributed by atoms with van der Waals surface area (Å²) in [6.07, 6.45) is 5.19. The van der Waals surface area contributed by atoms with Gasteiger partial charge in [-0.3, -0.25) is 0 Å². The van der Waals surface area contributed by atoms with Crippen LogP contribution in [-0.2, 0) is 0 Å². The third-order valence-electron chi connectivity index (χ3n) is 3.48. The molecule has 1 nitrogen and oxygen atoms in total. The van der Waals surface area contributed by atoms with Gasteiger partial charge in [0.25, 0.3) is 0 Å². The molecule has 0 aliphatic heterocycles. The first kappa shape index (κ1) is 14.2. The lowest BCUT2D eigenvalue weighted by atomic mass is 10.00. The third kappa shape index (κ3) is 5.36. The van der Waals surface area contributed by atoms with Crippen molar-refractivity contribution in [1.82, 2.24) is 5.32 Å². The SMILES string of the molecule is CCCCC(CC)NCC(C)c1ccccc1. The van der Waals surface area contributed by atoms with E-state index in [1.807, 2.05) is 0 Å². The van der Waals surface area contributed by atoms with Crippen LogP contribution in [0.5, 0.6) is 0 Å². The first-order chi connectivity index (χ1) is 8.27. The van der Waals surface area contributed by atoms with Gasteiger partial charge in [0, 0.05) is 12.6 Å². The summed E-state index contributed by atoms with van der Waals surface area (Å²) in [6, 6.07) is 11.5. The highest BCUT2D eigenvalue weighted by atomic mass is 14.9. The molecule has 1 N–H and O–H groups in total. The Morgan fingerprint density at radius 2 is 1.82 bits per heavy atom. The van der Waals surface area contributed by atoms with Crippen LogP contribution in [-0.4, -0.2) is 12.6 Å². The topological polar surface area (TPSA) is 12.0 Å². The van der Waals surface area contributed by atoms with Crippen molar-refractivity contribution in [2.45, 2.75) is 58.4 Å². The van der Waals surface area contributed by atoms with E-state index in [4.69, 9.17) is 0 Å². The van der Waals surface area contributed by atoms with Gasteiger partial charge in [-0.1, -0.05) is 63.9 Å². The van der Waals surface area contributed by atoms with E-state index in [1.165, 1.54) is 31.2 Å². The average Bonchev–Trinajstić information content (AvgIpc) is 2.39. The third-order valence-corrected chi connectivity index (χ3v) is 3.48. The first-order valence-corrected chi connectivity index (χ1v) is 7.06. The molecule has 0 heterocycles. The number of unbranched alkanes of at least 4 members (excludes halogenated alkanes) is 1. The van der Waals surface area contributed by atoms with Crippen LogP contribution in [0.1, 0.15) is 57.9 Å². The number of benzene rings is 1. The minimum Gasteiger partial charge on any atom is -0.313 e. The van der Waals surface area contributed by atoms with E-state index in [0.29, 0.717) is 12.0 Å². The van der Waals surface area contributed by atoms with Gasteiger partial charge in [0.15, 0.2) is 0 Å². The first-order valence-electron chi connectivity index (χ1n) is 7.06.